The van der Waals surface area contributed by atoms with Gasteiger partial charge in [-0.25, -0.2) is 0 Å². The number of rotatable bonds is 2. The highest BCUT2D eigenvalue weighted by atomic mass is 16.2. The van der Waals surface area contributed by atoms with Gasteiger partial charge in [0.25, 0.3) is 0 Å². The van der Waals surface area contributed by atoms with Crippen LogP contribution in [0.1, 0.15) is 35.2 Å². The number of carbonyl (C=O) groups is 2. The van der Waals surface area contributed by atoms with E-state index in [0.717, 1.165) is 17.7 Å². The Hall–Kier alpha value is -2.15. The summed E-state index contributed by atoms with van der Waals surface area (Å²) in [6.45, 7) is 0. The monoisotopic (exact) mass is 254 g/mol. The molecule has 4 heteroatoms. The van der Waals surface area contributed by atoms with Gasteiger partial charge in [0.1, 0.15) is 5.41 Å². The van der Waals surface area contributed by atoms with Crippen molar-refractivity contribution in [3.05, 3.63) is 29.3 Å². The van der Waals surface area contributed by atoms with Crippen LogP contribution in [0.2, 0.25) is 0 Å². The molecule has 0 unspecified atom stereocenters. The summed E-state index contributed by atoms with van der Waals surface area (Å²) in [5, 5.41) is 9.21. The number of nitriles is 1. The van der Waals surface area contributed by atoms with Crippen molar-refractivity contribution in [2.24, 2.45) is 5.41 Å². The van der Waals surface area contributed by atoms with Crippen molar-refractivity contribution < 1.29 is 9.59 Å². The van der Waals surface area contributed by atoms with Crippen LogP contribution in [0.5, 0.6) is 0 Å². The zero-order valence-corrected chi connectivity index (χ0v) is 10.8. The normalized spacial score (nSPS) is 19.6. The Balaban J connectivity index is 1.97. The van der Waals surface area contributed by atoms with Crippen LogP contribution in [0, 0.1) is 16.7 Å². The summed E-state index contributed by atoms with van der Waals surface area (Å²) in [5.41, 5.74) is 1.48. The first-order valence-electron chi connectivity index (χ1n) is 6.43. The van der Waals surface area contributed by atoms with Gasteiger partial charge in [0, 0.05) is 18.3 Å². The van der Waals surface area contributed by atoms with Gasteiger partial charge in [-0.2, -0.15) is 5.26 Å². The highest BCUT2D eigenvalue weighted by Crippen LogP contribution is 2.43. The number of Topliss-reactive ketones (excluding diaryl/α,β-unsaturated/α-hetero) is 1. The third-order valence-corrected chi connectivity index (χ3v) is 4.27. The molecule has 2 aliphatic rings. The van der Waals surface area contributed by atoms with Gasteiger partial charge in [0.2, 0.25) is 5.91 Å². The Morgan fingerprint density at radius 2 is 2.16 bits per heavy atom. The predicted octanol–water partition coefficient (Wildman–Crippen LogP) is 2.08. The molecule has 0 bridgehead atoms. The number of carbonyl (C=O) groups excluding carboxylic acids is 2. The quantitative estimate of drug-likeness (QED) is 0.759. The predicted molar refractivity (Wildman–Crippen MR) is 69.8 cm³/mol. The first-order chi connectivity index (χ1) is 9.07. The number of benzene rings is 1. The number of nitrogens with zero attached hydrogens (tertiary/aromatic N) is 2. The van der Waals surface area contributed by atoms with Crippen molar-refractivity contribution >= 4 is 17.4 Å². The van der Waals surface area contributed by atoms with E-state index in [2.05, 4.69) is 6.07 Å². The Morgan fingerprint density at radius 3 is 2.74 bits per heavy atom. The van der Waals surface area contributed by atoms with Crippen LogP contribution in [-0.2, 0) is 11.2 Å². The molecule has 4 nitrogen and oxygen atoms in total. The van der Waals surface area contributed by atoms with Gasteiger partial charge in [0.15, 0.2) is 5.78 Å². The van der Waals surface area contributed by atoms with Crippen LogP contribution in [0.25, 0.3) is 0 Å². The summed E-state index contributed by atoms with van der Waals surface area (Å²) in [5.74, 6) is -0.0516. The zero-order chi connectivity index (χ0) is 13.6. The van der Waals surface area contributed by atoms with Crippen molar-refractivity contribution in [2.45, 2.75) is 25.7 Å². The van der Waals surface area contributed by atoms with Gasteiger partial charge >= 0.3 is 0 Å². The molecule has 1 heterocycles. The van der Waals surface area contributed by atoms with E-state index in [1.54, 1.807) is 30.1 Å². The van der Waals surface area contributed by atoms with Crippen LogP contribution in [0.15, 0.2) is 18.2 Å². The molecule has 0 spiro atoms. The molecule has 0 radical (unpaired) electrons. The van der Waals surface area contributed by atoms with E-state index < -0.39 is 5.41 Å². The van der Waals surface area contributed by atoms with Gasteiger partial charge in [-0.05, 0) is 43.0 Å². The molecule has 0 aromatic heterocycles. The maximum absolute atomic E-state index is 12.4. The Kier molecular flexibility index (Phi) is 2.46. The van der Waals surface area contributed by atoms with E-state index in [0.29, 0.717) is 24.8 Å². The van der Waals surface area contributed by atoms with E-state index in [1.165, 1.54) is 0 Å². The molecule has 1 saturated carbocycles. The number of hydrogen-bond acceptors (Lipinski definition) is 3. The molecule has 0 saturated heterocycles. The third kappa shape index (κ3) is 1.58. The zero-order valence-electron chi connectivity index (χ0n) is 10.8. The highest BCUT2D eigenvalue weighted by Gasteiger charge is 2.45. The van der Waals surface area contributed by atoms with Gasteiger partial charge in [-0.15, -0.1) is 0 Å². The Labute approximate surface area is 111 Å². The number of fused-ring (bicyclic) bond motifs is 1. The molecule has 1 fully saturated rings. The van der Waals surface area contributed by atoms with E-state index in [4.69, 9.17) is 0 Å². The molecule has 1 amide bonds. The van der Waals surface area contributed by atoms with Crippen molar-refractivity contribution in [3.63, 3.8) is 0 Å². The fourth-order valence-corrected chi connectivity index (χ4v) is 2.81. The van der Waals surface area contributed by atoms with Gasteiger partial charge in [-0.1, -0.05) is 0 Å². The standard InChI is InChI=1S/C15H14N2O2/c1-17-12-4-3-10(7-11(12)8-13(17)18)14(19)15(9-16)5-2-6-15/h3-4,7H,2,5-6,8H2,1H3. The summed E-state index contributed by atoms with van der Waals surface area (Å²) >= 11 is 0. The number of hydrogen-bond donors (Lipinski definition) is 0. The smallest absolute Gasteiger partial charge is 0.231 e. The minimum atomic E-state index is -0.817. The lowest BCUT2D eigenvalue weighted by molar-refractivity contribution is -0.117. The van der Waals surface area contributed by atoms with Crippen LogP contribution >= 0.6 is 0 Å². The molecule has 0 atom stereocenters. The maximum Gasteiger partial charge on any atom is 0.231 e. The fourth-order valence-electron chi connectivity index (χ4n) is 2.81. The molecular formula is C15H14N2O2. The lowest BCUT2D eigenvalue weighted by Gasteiger charge is -2.33. The van der Waals surface area contributed by atoms with E-state index >= 15 is 0 Å². The third-order valence-electron chi connectivity index (χ3n) is 4.27. The Bertz CT molecular complexity index is 624. The highest BCUT2D eigenvalue weighted by molar-refractivity contribution is 6.06. The van der Waals surface area contributed by atoms with Crippen molar-refractivity contribution in [1.29, 1.82) is 5.26 Å². The first kappa shape index (κ1) is 11.9. The van der Waals surface area contributed by atoms with E-state index in [-0.39, 0.29) is 11.7 Å². The van der Waals surface area contributed by atoms with Crippen molar-refractivity contribution in [3.8, 4) is 6.07 Å². The summed E-state index contributed by atoms with van der Waals surface area (Å²) in [4.78, 5) is 25.6. The molecule has 1 aromatic carbocycles. The van der Waals surface area contributed by atoms with Crippen LogP contribution in [0.4, 0.5) is 5.69 Å². The van der Waals surface area contributed by atoms with Crippen LogP contribution in [-0.4, -0.2) is 18.7 Å². The van der Waals surface area contributed by atoms with Gasteiger partial charge in [0.05, 0.1) is 12.5 Å². The van der Waals surface area contributed by atoms with Gasteiger partial charge < -0.3 is 4.90 Å². The molecule has 96 valence electrons. The largest absolute Gasteiger partial charge is 0.315 e. The molecule has 3 rings (SSSR count). The van der Waals surface area contributed by atoms with Crippen molar-refractivity contribution in [2.75, 3.05) is 11.9 Å². The first-order valence-corrected chi connectivity index (χ1v) is 6.43. The van der Waals surface area contributed by atoms with Gasteiger partial charge in [-0.3, -0.25) is 9.59 Å². The summed E-state index contributed by atoms with van der Waals surface area (Å²) < 4.78 is 0. The van der Waals surface area contributed by atoms with E-state index in [1.807, 2.05) is 0 Å². The molecular weight excluding hydrogens is 240 g/mol. The second-order valence-electron chi connectivity index (χ2n) is 5.35. The maximum atomic E-state index is 12.4. The average Bonchev–Trinajstić information content (AvgIpc) is 2.64. The molecule has 1 aromatic rings. The topological polar surface area (TPSA) is 61.2 Å². The minimum absolute atomic E-state index is 0.0400. The van der Waals surface area contributed by atoms with Crippen LogP contribution < -0.4 is 4.90 Å². The molecule has 19 heavy (non-hydrogen) atoms. The van der Waals surface area contributed by atoms with Crippen molar-refractivity contribution in [1.82, 2.24) is 0 Å². The summed E-state index contributed by atoms with van der Waals surface area (Å²) in [7, 11) is 1.73. The SMILES string of the molecule is CN1C(=O)Cc2cc(C(=O)C3(C#N)CCC3)ccc21. The fraction of sp³-hybridized carbons (Fsp3) is 0.400. The molecule has 1 aliphatic carbocycles. The number of amides is 1. The lowest BCUT2D eigenvalue weighted by atomic mass is 9.65. The molecule has 1 aliphatic heterocycles. The summed E-state index contributed by atoms with van der Waals surface area (Å²) in [6, 6.07) is 7.48. The van der Waals surface area contributed by atoms with Crippen LogP contribution in [0.3, 0.4) is 0 Å². The minimum Gasteiger partial charge on any atom is -0.315 e. The average molecular weight is 254 g/mol. The summed E-state index contributed by atoms with van der Waals surface area (Å²) in [6.07, 6.45) is 2.58. The number of ketones is 1. The second kappa shape index (κ2) is 3.92. The molecule has 0 N–H and O–H groups in total. The number of anilines is 1. The second-order valence-corrected chi connectivity index (χ2v) is 5.35. The van der Waals surface area contributed by atoms with E-state index in [9.17, 15) is 14.9 Å². The Morgan fingerprint density at radius 1 is 1.42 bits per heavy atom. The number of likely N-dealkylation sites (N-methyl/N-ethyl adjacent to an activating group) is 1. The lowest BCUT2D eigenvalue weighted by Crippen LogP contribution is -2.36.